The third-order valence-electron chi connectivity index (χ3n) is 17.7. The zero-order chi connectivity index (χ0) is 50.1. The van der Waals surface area contributed by atoms with Crippen molar-refractivity contribution < 1.29 is 18.6 Å². The van der Waals surface area contributed by atoms with E-state index in [-0.39, 0.29) is 0 Å². The summed E-state index contributed by atoms with van der Waals surface area (Å²) in [5.41, 5.74) is 5.96. The minimum Gasteiger partial charge on any atom is -0.399 e. The summed E-state index contributed by atoms with van der Waals surface area (Å²) in [5.74, 6) is 1.24. The molecule has 0 bridgehead atoms. The van der Waals surface area contributed by atoms with Crippen LogP contribution >= 0.6 is 0 Å². The molecule has 2 unspecified atom stereocenters. The molecule has 7 rings (SSSR count). The van der Waals surface area contributed by atoms with E-state index in [0.29, 0.717) is 11.8 Å². The van der Waals surface area contributed by atoms with E-state index in [1.54, 1.807) is 0 Å². The predicted molar refractivity (Wildman–Crippen MR) is 304 cm³/mol. The van der Waals surface area contributed by atoms with Crippen LogP contribution in [0.4, 0.5) is 0 Å². The maximum atomic E-state index is 6.73. The van der Waals surface area contributed by atoms with Gasteiger partial charge in [-0.25, -0.2) is 0 Å². The van der Waals surface area contributed by atoms with Gasteiger partial charge in [-0.2, -0.15) is 0 Å². The van der Waals surface area contributed by atoms with E-state index in [1.165, 1.54) is 198 Å². The summed E-state index contributed by atoms with van der Waals surface area (Å²) in [6, 6.07) is 19.4. The molecule has 0 saturated carbocycles. The van der Waals surface area contributed by atoms with Gasteiger partial charge in [0.05, 0.1) is 22.4 Å². The fourth-order valence-electron chi connectivity index (χ4n) is 11.7. The van der Waals surface area contributed by atoms with Gasteiger partial charge in [-0.1, -0.05) is 180 Å². The number of fused-ring (bicyclic) bond motifs is 6. The Morgan fingerprint density at radius 1 is 0.357 bits per heavy atom. The Balaban J connectivity index is 1.37. The quantitative estimate of drug-likeness (QED) is 0.0340. The topological polar surface area (TPSA) is 46.8 Å². The Hall–Kier alpha value is -2.77. The van der Waals surface area contributed by atoms with E-state index in [1.807, 2.05) is 0 Å². The molecule has 0 N–H and O–H groups in total. The minimum atomic E-state index is -0.403. The highest BCUT2D eigenvalue weighted by atomic mass is 16.7. The van der Waals surface area contributed by atoms with E-state index < -0.39 is 36.6 Å². The van der Waals surface area contributed by atoms with Crippen LogP contribution in [0.5, 0.6) is 0 Å². The Morgan fingerprint density at radius 2 is 0.629 bits per heavy atom. The Kier molecular flexibility index (Phi) is 19.3. The van der Waals surface area contributed by atoms with Gasteiger partial charge in [0.1, 0.15) is 0 Å². The highest BCUT2D eigenvalue weighted by molar-refractivity contribution is 6.63. The number of nitrogens with zero attached hydrogens (tertiary/aromatic N) is 2. The van der Waals surface area contributed by atoms with E-state index in [4.69, 9.17) is 18.6 Å². The Morgan fingerprint density at radius 3 is 0.943 bits per heavy atom. The van der Waals surface area contributed by atoms with Gasteiger partial charge in [0.25, 0.3) is 0 Å². The smallest absolute Gasteiger partial charge is 0.399 e. The summed E-state index contributed by atoms with van der Waals surface area (Å²) < 4.78 is 32.4. The molecule has 5 aromatic rings. The van der Waals surface area contributed by atoms with Crippen LogP contribution in [0.1, 0.15) is 237 Å². The van der Waals surface area contributed by atoms with Crippen molar-refractivity contribution in [2.24, 2.45) is 11.8 Å². The summed E-state index contributed by atoms with van der Waals surface area (Å²) >= 11 is 0. The largest absolute Gasteiger partial charge is 0.494 e. The molecule has 0 radical (unpaired) electrons. The van der Waals surface area contributed by atoms with E-state index >= 15 is 0 Å². The number of aromatic nitrogens is 2. The van der Waals surface area contributed by atoms with Gasteiger partial charge in [0.15, 0.2) is 0 Å². The molecule has 0 spiro atoms. The van der Waals surface area contributed by atoms with Gasteiger partial charge in [0, 0.05) is 56.7 Å². The van der Waals surface area contributed by atoms with E-state index in [0.717, 1.165) is 24.0 Å². The lowest BCUT2D eigenvalue weighted by molar-refractivity contribution is 0.00578. The molecular formula is C62H98B2N2O4. The molecule has 2 saturated heterocycles. The molecule has 2 fully saturated rings. The predicted octanol–water partition coefficient (Wildman–Crippen LogP) is 17.2. The molecule has 70 heavy (non-hydrogen) atoms. The van der Waals surface area contributed by atoms with Crippen LogP contribution in [-0.2, 0) is 31.7 Å². The van der Waals surface area contributed by atoms with Gasteiger partial charge in [0.2, 0.25) is 0 Å². The summed E-state index contributed by atoms with van der Waals surface area (Å²) in [4.78, 5) is 0. The fraction of sp³-hybridized carbons (Fsp3) is 0.710. The van der Waals surface area contributed by atoms with Crippen molar-refractivity contribution in [1.82, 2.24) is 9.13 Å². The highest BCUT2D eigenvalue weighted by Crippen LogP contribution is 2.42. The molecule has 386 valence electrons. The second-order valence-electron chi connectivity index (χ2n) is 24.4. The molecule has 2 aliphatic heterocycles. The minimum absolute atomic E-state index is 0.400. The number of unbranched alkanes of at least 4 members (excludes halogenated alkanes) is 16. The van der Waals surface area contributed by atoms with E-state index in [9.17, 15) is 0 Å². The average molecular weight is 957 g/mol. The second kappa shape index (κ2) is 24.5. The number of hydrogen-bond donors (Lipinski definition) is 0. The lowest BCUT2D eigenvalue weighted by atomic mass is 9.78. The van der Waals surface area contributed by atoms with Gasteiger partial charge in [-0.05, 0) is 128 Å². The first-order chi connectivity index (χ1) is 33.5. The Labute approximate surface area is 427 Å². The number of benzene rings is 3. The van der Waals surface area contributed by atoms with Crippen molar-refractivity contribution in [2.45, 2.75) is 273 Å². The maximum absolute atomic E-state index is 6.73. The molecule has 6 nitrogen and oxygen atoms in total. The summed E-state index contributed by atoms with van der Waals surface area (Å²) in [6.07, 6.45) is 31.7. The lowest BCUT2D eigenvalue weighted by Crippen LogP contribution is -2.41. The molecule has 2 aromatic heterocycles. The SMILES string of the molecule is CCCCCCCCC(CCCCCC)Cn1c2cc(B3OC(C)(C)C(C)(C)O3)ccc2c2cc3c(cc21)c1ccc(B2OC(C)(C)C(C)(C)O2)cc1n3CC(CCCCCC)CCCCCCCC. The highest BCUT2D eigenvalue weighted by Gasteiger charge is 2.53. The van der Waals surface area contributed by atoms with Crippen molar-refractivity contribution in [3.05, 3.63) is 48.5 Å². The summed E-state index contributed by atoms with van der Waals surface area (Å²) in [6.45, 7) is 28.7. The molecule has 0 aliphatic carbocycles. The van der Waals surface area contributed by atoms with Gasteiger partial charge in [-0.15, -0.1) is 0 Å². The number of rotatable bonds is 30. The van der Waals surface area contributed by atoms with Crippen molar-refractivity contribution in [3.63, 3.8) is 0 Å². The van der Waals surface area contributed by atoms with E-state index in [2.05, 4.69) is 141 Å². The maximum Gasteiger partial charge on any atom is 0.494 e. The molecule has 0 amide bonds. The summed E-state index contributed by atoms with van der Waals surface area (Å²) in [5, 5.41) is 5.38. The molecule has 2 aliphatic rings. The first-order valence-electron chi connectivity index (χ1n) is 29.3. The van der Waals surface area contributed by atoms with Gasteiger partial charge >= 0.3 is 14.2 Å². The first kappa shape index (κ1) is 55.0. The molecule has 2 atom stereocenters. The second-order valence-corrected chi connectivity index (χ2v) is 24.4. The van der Waals surface area contributed by atoms with Crippen LogP contribution in [0.2, 0.25) is 0 Å². The fourth-order valence-corrected chi connectivity index (χ4v) is 11.7. The van der Waals surface area contributed by atoms with Crippen molar-refractivity contribution in [3.8, 4) is 0 Å². The lowest BCUT2D eigenvalue weighted by Gasteiger charge is -2.32. The molecule has 4 heterocycles. The van der Waals surface area contributed by atoms with Crippen LogP contribution in [-0.4, -0.2) is 45.8 Å². The summed E-state index contributed by atoms with van der Waals surface area (Å²) in [7, 11) is -0.805. The van der Waals surface area contributed by atoms with Crippen LogP contribution in [0, 0.1) is 11.8 Å². The first-order valence-corrected chi connectivity index (χ1v) is 29.3. The zero-order valence-corrected chi connectivity index (χ0v) is 46.8. The van der Waals surface area contributed by atoms with Gasteiger partial charge < -0.3 is 27.8 Å². The third-order valence-corrected chi connectivity index (χ3v) is 17.7. The zero-order valence-electron chi connectivity index (χ0n) is 46.8. The van der Waals surface area contributed by atoms with Crippen LogP contribution in [0.25, 0.3) is 43.6 Å². The van der Waals surface area contributed by atoms with Crippen molar-refractivity contribution >= 4 is 68.8 Å². The Bertz CT molecular complexity index is 2230. The molecular weight excluding hydrogens is 858 g/mol. The van der Waals surface area contributed by atoms with Crippen molar-refractivity contribution in [2.75, 3.05) is 0 Å². The van der Waals surface area contributed by atoms with Crippen LogP contribution in [0.3, 0.4) is 0 Å². The standard InChI is InChI=1S/C62H98B2N2O4/c1-13-17-21-25-27-31-35-47(33-29-23-19-15-3)45-65-55-41-49(63-67-59(5,6)60(7,8)68-63)37-39-51(55)53-44-58-54(43-57(53)65)52-40-38-50(64-69-61(9,10)62(11,12)70-64)42-56(52)66(58)46-48(34-30-24-20-16-4)36-32-28-26-22-18-14-2/h37-44,47-48H,13-36,45-46H2,1-12H3. The third kappa shape index (κ3) is 12.8. The van der Waals surface area contributed by atoms with Crippen molar-refractivity contribution in [1.29, 1.82) is 0 Å². The normalized spacial score (nSPS) is 18.4. The number of hydrogen-bond acceptors (Lipinski definition) is 4. The monoisotopic (exact) mass is 957 g/mol. The average Bonchev–Trinajstić information content (AvgIpc) is 3.94. The van der Waals surface area contributed by atoms with Crippen LogP contribution in [0.15, 0.2) is 48.5 Å². The van der Waals surface area contributed by atoms with Gasteiger partial charge in [-0.3, -0.25) is 0 Å². The molecule has 3 aromatic carbocycles. The molecule has 8 heteroatoms. The van der Waals surface area contributed by atoms with Crippen LogP contribution < -0.4 is 10.9 Å².